The molecule has 0 bridgehead atoms. The molecule has 0 spiro atoms. The third kappa shape index (κ3) is 8.04. The molecule has 0 unspecified atom stereocenters. The molecule has 3 heteroatoms. The third-order valence-corrected chi connectivity index (χ3v) is 12.6. The minimum atomic E-state index is 0.535. The van der Waals surface area contributed by atoms with Gasteiger partial charge in [0.1, 0.15) is 0 Å². The van der Waals surface area contributed by atoms with Crippen molar-refractivity contribution in [2.75, 3.05) is 0 Å². The van der Waals surface area contributed by atoms with Crippen LogP contribution in [0.5, 0.6) is 0 Å². The second-order valence-electron chi connectivity index (χ2n) is 16.8. The highest BCUT2D eigenvalue weighted by Gasteiger charge is 2.24. The van der Waals surface area contributed by atoms with Crippen LogP contribution in [-0.2, 0) is 0 Å². The average molecular weight is 868 g/mol. The van der Waals surface area contributed by atoms with Crippen LogP contribution in [0.4, 0.5) is 0 Å². The van der Waals surface area contributed by atoms with Crippen LogP contribution in [0.25, 0.3) is 112 Å². The molecule has 0 aliphatic rings. The fourth-order valence-corrected chi connectivity index (χ4v) is 9.43. The first-order valence-corrected chi connectivity index (χ1v) is 22.9. The van der Waals surface area contributed by atoms with Crippen molar-refractivity contribution in [1.29, 1.82) is 0 Å². The molecule has 1 heterocycles. The number of benzene rings is 10. The molecule has 11 rings (SSSR count). The third-order valence-electron chi connectivity index (χ3n) is 12.6. The van der Waals surface area contributed by atoms with Gasteiger partial charge in [-0.05, 0) is 106 Å². The highest BCUT2D eigenvalue weighted by atomic mass is 15.0. The summed E-state index contributed by atoms with van der Waals surface area (Å²) >= 11 is 0. The van der Waals surface area contributed by atoms with Gasteiger partial charge in [-0.1, -0.05) is 244 Å². The van der Waals surface area contributed by atoms with Crippen molar-refractivity contribution < 1.29 is 0 Å². The lowest BCUT2D eigenvalue weighted by Crippen LogP contribution is -2.25. The van der Waals surface area contributed by atoms with Crippen LogP contribution in [0.1, 0.15) is 5.82 Å². The minimum absolute atomic E-state index is 0.535. The van der Waals surface area contributed by atoms with E-state index in [0.717, 1.165) is 82.4 Å². The van der Waals surface area contributed by atoms with E-state index in [1.807, 2.05) is 30.3 Å². The van der Waals surface area contributed by atoms with Crippen molar-refractivity contribution in [1.82, 2.24) is 15.0 Å². The topological polar surface area (TPSA) is 38.7 Å². The first-order chi connectivity index (χ1) is 33.6. The Hall–Kier alpha value is -9.05. The predicted molar refractivity (Wildman–Crippen MR) is 285 cm³/mol. The number of rotatable bonds is 10. The van der Waals surface area contributed by atoms with Crippen molar-refractivity contribution >= 4 is 22.9 Å². The standard InChI is InChI=1S/C65H45N3/c1-3-54(55-38-18-16-23-44(55)2)64-66-63(67-65(68-64)57-40-22-33-45-26-17-19-39-56(45)57)53-37-21-35-51(42-53)50-34-20-36-52(41-50)59-43-58(46-24-8-4-9-25-46)60(47-27-10-5-11-28-47)62(49-31-14-7-15-32-49)61(59)48-29-12-6-13-30-48/h3-43H,1-2H2/b55-54+. The van der Waals surface area contributed by atoms with Gasteiger partial charge in [0.05, 0.1) is 0 Å². The summed E-state index contributed by atoms with van der Waals surface area (Å²) in [5, 5.41) is 3.98. The van der Waals surface area contributed by atoms with Crippen molar-refractivity contribution in [3.8, 4) is 89.5 Å². The second kappa shape index (κ2) is 18.4. The highest BCUT2D eigenvalue weighted by Crippen LogP contribution is 2.50. The molecular formula is C65H45N3. The average Bonchev–Trinajstić information content (AvgIpc) is 3.42. The maximum atomic E-state index is 5.23. The zero-order valence-corrected chi connectivity index (χ0v) is 37.4. The van der Waals surface area contributed by atoms with Crippen LogP contribution >= 0.6 is 0 Å². The highest BCUT2D eigenvalue weighted by molar-refractivity contribution is 6.07. The molecular weight excluding hydrogens is 823 g/mol. The fraction of sp³-hybridized carbons (Fsp3) is 0. The Morgan fingerprint density at radius 2 is 0.794 bits per heavy atom. The molecule has 10 aromatic carbocycles. The van der Waals surface area contributed by atoms with Crippen molar-refractivity contribution in [2.24, 2.45) is 0 Å². The zero-order valence-electron chi connectivity index (χ0n) is 37.4. The van der Waals surface area contributed by atoms with Crippen LogP contribution in [-0.4, -0.2) is 15.0 Å². The maximum absolute atomic E-state index is 5.23. The van der Waals surface area contributed by atoms with Crippen LogP contribution in [0.3, 0.4) is 0 Å². The molecule has 1 aromatic heterocycles. The van der Waals surface area contributed by atoms with Crippen molar-refractivity contribution in [2.45, 2.75) is 0 Å². The Bertz CT molecular complexity index is 3750. The van der Waals surface area contributed by atoms with E-state index in [4.69, 9.17) is 15.0 Å². The van der Waals surface area contributed by atoms with Gasteiger partial charge < -0.3 is 0 Å². The van der Waals surface area contributed by atoms with Crippen molar-refractivity contribution in [3.63, 3.8) is 0 Å². The number of fused-ring (bicyclic) bond motifs is 1. The molecule has 68 heavy (non-hydrogen) atoms. The van der Waals surface area contributed by atoms with E-state index in [1.165, 1.54) is 22.3 Å². The zero-order chi connectivity index (χ0) is 45.8. The molecule has 0 saturated heterocycles. The summed E-state index contributed by atoms with van der Waals surface area (Å²) in [7, 11) is 0. The van der Waals surface area contributed by atoms with Gasteiger partial charge in [0.25, 0.3) is 0 Å². The molecule has 0 radical (unpaired) electrons. The molecule has 0 saturated carbocycles. The maximum Gasteiger partial charge on any atom is 0.164 e. The Labute approximate surface area is 397 Å². The second-order valence-corrected chi connectivity index (χ2v) is 16.8. The van der Waals surface area contributed by atoms with Gasteiger partial charge in [-0.3, -0.25) is 0 Å². The molecule has 0 N–H and O–H groups in total. The summed E-state index contributed by atoms with van der Waals surface area (Å²) in [6, 6.07) is 85.7. The van der Waals surface area contributed by atoms with Gasteiger partial charge in [-0.15, -0.1) is 0 Å². The van der Waals surface area contributed by atoms with Gasteiger partial charge in [0.2, 0.25) is 0 Å². The SMILES string of the molecule is C=C/C(c1nc(-c2cccc(-c3cccc(-c4cc(-c5ccccc5)c(-c5ccccc5)c(-c5ccccc5)c4-c4ccccc4)c3)c2)nc(-c2cccc3ccccc23)n1)=c1/ccccc1=C. The van der Waals surface area contributed by atoms with Crippen LogP contribution in [0, 0.1) is 0 Å². The fourth-order valence-electron chi connectivity index (χ4n) is 9.43. The van der Waals surface area contributed by atoms with Crippen molar-refractivity contribution in [3.05, 3.63) is 272 Å². The Morgan fingerprint density at radius 3 is 1.43 bits per heavy atom. The lowest BCUT2D eigenvalue weighted by molar-refractivity contribution is 1.04. The minimum Gasteiger partial charge on any atom is -0.208 e. The Morgan fingerprint density at radius 1 is 0.338 bits per heavy atom. The summed E-state index contributed by atoms with van der Waals surface area (Å²) in [6.45, 7) is 8.55. The molecule has 320 valence electrons. The van der Waals surface area contributed by atoms with E-state index in [-0.39, 0.29) is 0 Å². The predicted octanol–water partition coefficient (Wildman–Crippen LogP) is 15.2. The normalized spacial score (nSPS) is 11.6. The first-order valence-electron chi connectivity index (χ1n) is 22.9. The summed E-state index contributed by atoms with van der Waals surface area (Å²) in [5.41, 5.74) is 16.3. The quantitative estimate of drug-likeness (QED) is 0.137. The van der Waals surface area contributed by atoms with Gasteiger partial charge in [0, 0.05) is 16.7 Å². The van der Waals surface area contributed by atoms with Crippen LogP contribution in [0.2, 0.25) is 0 Å². The summed E-state index contributed by atoms with van der Waals surface area (Å²) in [4.78, 5) is 15.6. The number of hydrogen-bond donors (Lipinski definition) is 0. The number of allylic oxidation sites excluding steroid dienone is 1. The molecule has 0 atom stereocenters. The van der Waals surface area contributed by atoms with E-state index >= 15 is 0 Å². The number of nitrogens with zero attached hydrogens (tertiary/aromatic N) is 3. The lowest BCUT2D eigenvalue weighted by Gasteiger charge is -2.24. The van der Waals surface area contributed by atoms with Gasteiger partial charge in [-0.2, -0.15) is 0 Å². The van der Waals surface area contributed by atoms with Gasteiger partial charge in [0.15, 0.2) is 17.5 Å². The summed E-state index contributed by atoms with van der Waals surface area (Å²) < 4.78 is 0. The van der Waals surface area contributed by atoms with Crippen LogP contribution < -0.4 is 10.4 Å². The summed E-state index contributed by atoms with van der Waals surface area (Å²) in [5.74, 6) is 1.69. The lowest BCUT2D eigenvalue weighted by atomic mass is 9.78. The van der Waals surface area contributed by atoms with E-state index < -0.39 is 0 Å². The molecule has 0 fully saturated rings. The number of aromatic nitrogens is 3. The smallest absolute Gasteiger partial charge is 0.164 e. The molecule has 3 nitrogen and oxygen atoms in total. The largest absolute Gasteiger partial charge is 0.208 e. The molecule has 0 amide bonds. The van der Waals surface area contributed by atoms with E-state index in [9.17, 15) is 0 Å². The monoisotopic (exact) mass is 867 g/mol. The van der Waals surface area contributed by atoms with E-state index in [2.05, 4.69) is 232 Å². The van der Waals surface area contributed by atoms with Gasteiger partial charge >= 0.3 is 0 Å². The summed E-state index contributed by atoms with van der Waals surface area (Å²) in [6.07, 6.45) is 1.82. The molecule has 0 aliphatic heterocycles. The van der Waals surface area contributed by atoms with E-state index in [1.54, 1.807) is 0 Å². The van der Waals surface area contributed by atoms with Crippen LogP contribution in [0.15, 0.2) is 255 Å². The van der Waals surface area contributed by atoms with E-state index in [0.29, 0.717) is 17.5 Å². The molecule has 11 aromatic rings. The Balaban J connectivity index is 1.12. The molecule has 0 aliphatic carbocycles. The van der Waals surface area contributed by atoms with Gasteiger partial charge in [-0.25, -0.2) is 15.0 Å². The first kappa shape index (κ1) is 41.6. The number of hydrogen-bond acceptors (Lipinski definition) is 3. The Kier molecular flexibility index (Phi) is 11.3.